The largest absolute Gasteiger partial charge is 0.505 e. The van der Waals surface area contributed by atoms with Crippen molar-refractivity contribution in [3.63, 3.8) is 0 Å². The molecule has 0 unspecified atom stereocenters. The van der Waals surface area contributed by atoms with Gasteiger partial charge in [0.25, 0.3) is 0 Å². The SMILES string of the molecule is O=C(CCl)c1cc(I)c(O)c2ncccc12. The number of pyridine rings is 1. The Kier molecular flexibility index (Phi) is 3.30. The van der Waals surface area contributed by atoms with Crippen LogP contribution in [0.4, 0.5) is 0 Å². The minimum absolute atomic E-state index is 0.0785. The van der Waals surface area contributed by atoms with Gasteiger partial charge in [-0.05, 0) is 34.7 Å². The van der Waals surface area contributed by atoms with Crippen molar-refractivity contribution in [1.82, 2.24) is 4.98 Å². The zero-order valence-corrected chi connectivity index (χ0v) is 11.0. The Morgan fingerprint density at radius 1 is 1.56 bits per heavy atom. The Hall–Kier alpha value is -0.880. The number of carbonyl (C=O) groups excluding carboxylic acids is 1. The van der Waals surface area contributed by atoms with Gasteiger partial charge in [0.1, 0.15) is 5.52 Å². The van der Waals surface area contributed by atoms with E-state index in [4.69, 9.17) is 11.6 Å². The number of Topliss-reactive ketones (excluding diaryl/α,β-unsaturated/α-hetero) is 1. The summed E-state index contributed by atoms with van der Waals surface area (Å²) in [5.41, 5.74) is 0.933. The highest BCUT2D eigenvalue weighted by molar-refractivity contribution is 14.1. The lowest BCUT2D eigenvalue weighted by Gasteiger charge is -2.07. The van der Waals surface area contributed by atoms with Gasteiger partial charge < -0.3 is 5.11 Å². The van der Waals surface area contributed by atoms with Crippen LogP contribution in [0.25, 0.3) is 10.9 Å². The minimum atomic E-state index is -0.169. The first-order valence-electron chi connectivity index (χ1n) is 4.50. The van der Waals surface area contributed by atoms with Gasteiger partial charge in [-0.3, -0.25) is 9.78 Å². The summed E-state index contributed by atoms with van der Waals surface area (Å²) in [6.07, 6.45) is 1.58. The first-order valence-corrected chi connectivity index (χ1v) is 6.12. The summed E-state index contributed by atoms with van der Waals surface area (Å²) in [4.78, 5) is 15.7. The quantitative estimate of drug-likeness (QED) is 0.516. The molecule has 3 nitrogen and oxygen atoms in total. The molecule has 0 radical (unpaired) electrons. The molecule has 0 fully saturated rings. The van der Waals surface area contributed by atoms with Crippen molar-refractivity contribution < 1.29 is 9.90 Å². The number of carbonyl (C=O) groups is 1. The number of phenols is 1. The van der Waals surface area contributed by atoms with Gasteiger partial charge in [0.15, 0.2) is 11.5 Å². The van der Waals surface area contributed by atoms with E-state index in [2.05, 4.69) is 4.98 Å². The van der Waals surface area contributed by atoms with Crippen molar-refractivity contribution in [1.29, 1.82) is 0 Å². The highest BCUT2D eigenvalue weighted by Gasteiger charge is 2.14. The Balaban J connectivity index is 2.85. The van der Waals surface area contributed by atoms with Crippen LogP contribution in [0.5, 0.6) is 5.75 Å². The number of phenolic OH excluding ortho intramolecular Hbond substituents is 1. The molecule has 16 heavy (non-hydrogen) atoms. The molecule has 0 aliphatic heterocycles. The Bertz CT molecular complexity index is 571. The highest BCUT2D eigenvalue weighted by atomic mass is 127. The predicted octanol–water partition coefficient (Wildman–Crippen LogP) is 2.97. The van der Waals surface area contributed by atoms with Crippen molar-refractivity contribution in [2.45, 2.75) is 0 Å². The fraction of sp³-hybridized carbons (Fsp3) is 0.0909. The molecule has 1 N–H and O–H groups in total. The number of rotatable bonds is 2. The lowest BCUT2D eigenvalue weighted by Crippen LogP contribution is -2.02. The summed E-state index contributed by atoms with van der Waals surface area (Å²) in [6, 6.07) is 5.10. The molecule has 0 saturated carbocycles. The van der Waals surface area contributed by atoms with Crippen LogP contribution in [0.1, 0.15) is 10.4 Å². The van der Waals surface area contributed by atoms with E-state index in [1.165, 1.54) is 0 Å². The third-order valence-electron chi connectivity index (χ3n) is 2.24. The van der Waals surface area contributed by atoms with E-state index in [9.17, 15) is 9.90 Å². The second-order valence-electron chi connectivity index (χ2n) is 3.21. The maximum absolute atomic E-state index is 11.6. The molecule has 0 amide bonds. The standard InChI is InChI=1S/C11H7ClINO2/c12-5-9(15)7-4-8(13)11(16)10-6(7)2-1-3-14-10/h1-4,16H,5H2. The zero-order chi connectivity index (χ0) is 11.7. The number of alkyl halides is 1. The second-order valence-corrected chi connectivity index (χ2v) is 4.64. The minimum Gasteiger partial charge on any atom is -0.505 e. The monoisotopic (exact) mass is 347 g/mol. The summed E-state index contributed by atoms with van der Waals surface area (Å²) < 4.78 is 0.595. The van der Waals surface area contributed by atoms with Crippen molar-refractivity contribution in [3.05, 3.63) is 33.5 Å². The van der Waals surface area contributed by atoms with Crippen LogP contribution < -0.4 is 0 Å². The topological polar surface area (TPSA) is 50.2 Å². The Morgan fingerprint density at radius 2 is 2.31 bits per heavy atom. The van der Waals surface area contributed by atoms with Crippen molar-refractivity contribution in [2.75, 3.05) is 5.88 Å². The summed E-state index contributed by atoms with van der Waals surface area (Å²) in [6.45, 7) is 0. The molecule has 0 bridgehead atoms. The molecule has 5 heteroatoms. The number of fused-ring (bicyclic) bond motifs is 1. The number of aromatic nitrogens is 1. The van der Waals surface area contributed by atoms with E-state index in [1.54, 1.807) is 24.4 Å². The number of hydrogen-bond acceptors (Lipinski definition) is 3. The molecular formula is C11H7ClINO2. The lowest BCUT2D eigenvalue weighted by atomic mass is 10.0. The zero-order valence-electron chi connectivity index (χ0n) is 8.08. The van der Waals surface area contributed by atoms with Gasteiger partial charge in [0, 0.05) is 17.1 Å². The van der Waals surface area contributed by atoms with E-state index in [-0.39, 0.29) is 17.4 Å². The van der Waals surface area contributed by atoms with Crippen LogP contribution in [-0.4, -0.2) is 21.8 Å². The molecular weight excluding hydrogens is 340 g/mol. The van der Waals surface area contributed by atoms with Crippen LogP contribution in [0.2, 0.25) is 0 Å². The van der Waals surface area contributed by atoms with Crippen molar-refractivity contribution >= 4 is 50.9 Å². The Labute approximate surface area is 111 Å². The molecule has 0 aliphatic rings. The third kappa shape index (κ3) is 1.87. The third-order valence-corrected chi connectivity index (χ3v) is 3.31. The molecule has 0 saturated heterocycles. The second kappa shape index (κ2) is 4.55. The van der Waals surface area contributed by atoms with Crippen molar-refractivity contribution in [2.24, 2.45) is 0 Å². The Morgan fingerprint density at radius 3 is 3.00 bits per heavy atom. The number of aromatic hydroxyl groups is 1. The number of nitrogens with zero attached hydrogens (tertiary/aromatic N) is 1. The molecule has 0 atom stereocenters. The van der Waals surface area contributed by atoms with Crippen LogP contribution in [0, 0.1) is 3.57 Å². The maximum atomic E-state index is 11.6. The normalized spacial score (nSPS) is 10.6. The van der Waals surface area contributed by atoms with Gasteiger partial charge in [-0.25, -0.2) is 0 Å². The average Bonchev–Trinajstić information content (AvgIpc) is 2.33. The summed E-state index contributed by atoms with van der Waals surface area (Å²) in [5.74, 6) is -0.148. The van der Waals surface area contributed by atoms with Gasteiger partial charge in [0.2, 0.25) is 0 Å². The van der Waals surface area contributed by atoms with Gasteiger partial charge in [-0.1, -0.05) is 6.07 Å². The fourth-order valence-electron chi connectivity index (χ4n) is 1.50. The first-order chi connectivity index (χ1) is 7.65. The van der Waals surface area contributed by atoms with Gasteiger partial charge in [-0.2, -0.15) is 0 Å². The predicted molar refractivity (Wildman–Crippen MR) is 71.2 cm³/mol. The molecule has 82 valence electrons. The highest BCUT2D eigenvalue weighted by Crippen LogP contribution is 2.31. The number of ketones is 1. The van der Waals surface area contributed by atoms with Crippen LogP contribution in [-0.2, 0) is 0 Å². The summed E-state index contributed by atoms with van der Waals surface area (Å²) in [7, 11) is 0. The molecule has 1 heterocycles. The number of halogens is 2. The fourth-order valence-corrected chi connectivity index (χ4v) is 2.21. The molecule has 1 aromatic heterocycles. The average molecular weight is 348 g/mol. The van der Waals surface area contributed by atoms with Gasteiger partial charge in [-0.15, -0.1) is 11.6 Å². The maximum Gasteiger partial charge on any atom is 0.178 e. The summed E-state index contributed by atoms with van der Waals surface area (Å²) in [5, 5.41) is 10.5. The van der Waals surface area contributed by atoms with E-state index in [0.29, 0.717) is 20.0 Å². The van der Waals surface area contributed by atoms with E-state index >= 15 is 0 Å². The number of benzene rings is 1. The molecule has 0 spiro atoms. The van der Waals surface area contributed by atoms with E-state index in [1.807, 2.05) is 22.6 Å². The van der Waals surface area contributed by atoms with Crippen LogP contribution in [0.3, 0.4) is 0 Å². The van der Waals surface area contributed by atoms with Crippen LogP contribution >= 0.6 is 34.2 Å². The van der Waals surface area contributed by atoms with Gasteiger partial charge in [0.05, 0.1) is 9.45 Å². The lowest BCUT2D eigenvalue weighted by molar-refractivity contribution is 0.102. The van der Waals surface area contributed by atoms with Crippen molar-refractivity contribution in [3.8, 4) is 5.75 Å². The van der Waals surface area contributed by atoms with E-state index < -0.39 is 0 Å². The molecule has 1 aromatic carbocycles. The molecule has 2 aromatic rings. The van der Waals surface area contributed by atoms with Crippen LogP contribution in [0.15, 0.2) is 24.4 Å². The summed E-state index contributed by atoms with van der Waals surface area (Å²) >= 11 is 7.51. The molecule has 2 rings (SSSR count). The molecule has 0 aliphatic carbocycles. The smallest absolute Gasteiger partial charge is 0.178 e. The number of hydrogen-bond donors (Lipinski definition) is 1. The van der Waals surface area contributed by atoms with Gasteiger partial charge >= 0.3 is 0 Å². The van der Waals surface area contributed by atoms with E-state index in [0.717, 1.165) is 0 Å². The first kappa shape index (κ1) is 11.6.